The van der Waals surface area contributed by atoms with Crippen molar-refractivity contribution in [2.45, 2.75) is 12.5 Å². The molecule has 0 saturated heterocycles. The number of carbonyl (C=O) groups is 1. The molecule has 102 valence electrons. The summed E-state index contributed by atoms with van der Waals surface area (Å²) < 4.78 is 0. The third-order valence-corrected chi connectivity index (χ3v) is 3.42. The van der Waals surface area contributed by atoms with Gasteiger partial charge in [-0.25, -0.2) is 0 Å². The Hall–Kier alpha value is -2.40. The van der Waals surface area contributed by atoms with Crippen molar-refractivity contribution in [3.05, 3.63) is 48.7 Å². The summed E-state index contributed by atoms with van der Waals surface area (Å²) in [5.74, 6) is -0.138. The lowest BCUT2D eigenvalue weighted by atomic mass is 10.1. The van der Waals surface area contributed by atoms with E-state index in [1.807, 2.05) is 42.5 Å². The van der Waals surface area contributed by atoms with Gasteiger partial charge < -0.3 is 11.1 Å². The number of rotatable bonds is 3. The Morgan fingerprint density at radius 2 is 2.05 bits per heavy atom. The number of nitrogens with two attached hydrogens (primary N) is 1. The van der Waals surface area contributed by atoms with Gasteiger partial charge in [-0.05, 0) is 30.2 Å². The third kappa shape index (κ3) is 2.62. The summed E-state index contributed by atoms with van der Waals surface area (Å²) in [6, 6.07) is 9.55. The van der Waals surface area contributed by atoms with Crippen molar-refractivity contribution in [2.75, 3.05) is 5.32 Å². The van der Waals surface area contributed by atoms with Crippen molar-refractivity contribution in [1.82, 2.24) is 10.2 Å². The Kier molecular flexibility index (Phi) is 3.35. The first-order chi connectivity index (χ1) is 9.72. The first kappa shape index (κ1) is 12.6. The lowest BCUT2D eigenvalue weighted by Crippen LogP contribution is -2.23. The Balaban J connectivity index is 1.66. The predicted octanol–water partition coefficient (Wildman–Crippen LogP) is 1.92. The van der Waals surface area contributed by atoms with Gasteiger partial charge in [-0.2, -0.15) is 5.10 Å². The normalized spacial score (nSPS) is 21.1. The largest absolute Gasteiger partial charge is 0.326 e. The van der Waals surface area contributed by atoms with E-state index < -0.39 is 0 Å². The summed E-state index contributed by atoms with van der Waals surface area (Å²) in [4.78, 5) is 12.0. The molecule has 20 heavy (non-hydrogen) atoms. The molecule has 2 atom stereocenters. The first-order valence-electron chi connectivity index (χ1n) is 6.57. The monoisotopic (exact) mass is 268 g/mol. The summed E-state index contributed by atoms with van der Waals surface area (Å²) in [6.07, 6.45) is 6.14. The van der Waals surface area contributed by atoms with E-state index in [1.54, 1.807) is 6.20 Å². The smallest absolute Gasteiger partial charge is 0.231 e. The molecule has 0 fully saturated rings. The molecule has 2 aromatic rings. The predicted molar refractivity (Wildman–Crippen MR) is 77.9 cm³/mol. The van der Waals surface area contributed by atoms with Gasteiger partial charge in [0.1, 0.15) is 0 Å². The van der Waals surface area contributed by atoms with Gasteiger partial charge in [0.05, 0.1) is 11.6 Å². The van der Waals surface area contributed by atoms with E-state index in [2.05, 4.69) is 15.5 Å². The van der Waals surface area contributed by atoms with Gasteiger partial charge in [-0.15, -0.1) is 0 Å². The molecule has 1 aliphatic rings. The molecular formula is C15H16N4O. The highest BCUT2D eigenvalue weighted by Crippen LogP contribution is 2.21. The molecule has 0 spiro atoms. The summed E-state index contributed by atoms with van der Waals surface area (Å²) in [6.45, 7) is 0. The number of benzene rings is 1. The summed E-state index contributed by atoms with van der Waals surface area (Å²) >= 11 is 0. The molecule has 2 unspecified atom stereocenters. The Morgan fingerprint density at radius 3 is 2.65 bits per heavy atom. The molecular weight excluding hydrogens is 252 g/mol. The van der Waals surface area contributed by atoms with Gasteiger partial charge in [0, 0.05) is 17.9 Å². The topological polar surface area (TPSA) is 83.8 Å². The molecule has 5 heteroatoms. The number of amides is 1. The standard InChI is InChI=1S/C15H16N4O/c16-12-4-1-11(9-12)15(20)18-13-5-2-10(3-6-13)14-7-8-17-19-14/h1-8,11-12H,9,16H2,(H,17,19)(H,18,20). The quantitative estimate of drug-likeness (QED) is 0.743. The number of nitrogens with zero attached hydrogens (tertiary/aromatic N) is 1. The zero-order valence-corrected chi connectivity index (χ0v) is 10.9. The Bertz CT molecular complexity index is 616. The second kappa shape index (κ2) is 5.30. The average molecular weight is 268 g/mol. The van der Waals surface area contributed by atoms with Crippen LogP contribution in [0.4, 0.5) is 5.69 Å². The fourth-order valence-electron chi connectivity index (χ4n) is 2.31. The van der Waals surface area contributed by atoms with E-state index in [1.165, 1.54) is 0 Å². The van der Waals surface area contributed by atoms with E-state index in [-0.39, 0.29) is 17.9 Å². The van der Waals surface area contributed by atoms with Crippen molar-refractivity contribution in [3.63, 3.8) is 0 Å². The van der Waals surface area contributed by atoms with Gasteiger partial charge in [-0.1, -0.05) is 24.3 Å². The molecule has 0 radical (unpaired) electrons. The van der Waals surface area contributed by atoms with Crippen LogP contribution in [-0.2, 0) is 4.79 Å². The first-order valence-corrected chi connectivity index (χ1v) is 6.57. The maximum absolute atomic E-state index is 12.0. The van der Waals surface area contributed by atoms with Crippen LogP contribution < -0.4 is 11.1 Å². The van der Waals surface area contributed by atoms with Crippen LogP contribution in [0.2, 0.25) is 0 Å². The van der Waals surface area contributed by atoms with Crippen molar-refractivity contribution >= 4 is 11.6 Å². The van der Waals surface area contributed by atoms with E-state index >= 15 is 0 Å². The molecule has 1 aromatic heterocycles. The van der Waals surface area contributed by atoms with Gasteiger partial charge in [-0.3, -0.25) is 9.89 Å². The highest BCUT2D eigenvalue weighted by Gasteiger charge is 2.22. The molecule has 1 aromatic carbocycles. The highest BCUT2D eigenvalue weighted by molar-refractivity contribution is 5.94. The minimum absolute atomic E-state index is 0.00601. The number of aromatic amines is 1. The van der Waals surface area contributed by atoms with E-state index in [9.17, 15) is 4.79 Å². The second-order valence-electron chi connectivity index (χ2n) is 4.93. The van der Waals surface area contributed by atoms with Crippen LogP contribution in [0.5, 0.6) is 0 Å². The SMILES string of the molecule is NC1C=CC(C(=O)Nc2ccc(-c3ccn[nH]3)cc2)C1. The minimum Gasteiger partial charge on any atom is -0.326 e. The van der Waals surface area contributed by atoms with Crippen molar-refractivity contribution in [2.24, 2.45) is 11.7 Å². The highest BCUT2D eigenvalue weighted by atomic mass is 16.1. The van der Waals surface area contributed by atoms with Crippen LogP contribution in [-0.4, -0.2) is 22.1 Å². The van der Waals surface area contributed by atoms with Crippen molar-refractivity contribution in [3.8, 4) is 11.3 Å². The molecule has 3 rings (SSSR count). The Labute approximate surface area is 116 Å². The fourth-order valence-corrected chi connectivity index (χ4v) is 2.31. The van der Waals surface area contributed by atoms with Gasteiger partial charge in [0.2, 0.25) is 5.91 Å². The van der Waals surface area contributed by atoms with Crippen LogP contribution >= 0.6 is 0 Å². The van der Waals surface area contributed by atoms with Gasteiger partial charge >= 0.3 is 0 Å². The molecule has 0 bridgehead atoms. The van der Waals surface area contributed by atoms with Crippen LogP contribution in [0, 0.1) is 5.92 Å². The lowest BCUT2D eigenvalue weighted by molar-refractivity contribution is -0.118. The maximum atomic E-state index is 12.0. The van der Waals surface area contributed by atoms with Crippen molar-refractivity contribution in [1.29, 1.82) is 0 Å². The molecule has 1 amide bonds. The molecule has 0 aliphatic heterocycles. The third-order valence-electron chi connectivity index (χ3n) is 3.42. The number of nitrogens with one attached hydrogen (secondary N) is 2. The van der Waals surface area contributed by atoms with Gasteiger partial charge in [0.25, 0.3) is 0 Å². The summed E-state index contributed by atoms with van der Waals surface area (Å²) in [5, 5.41) is 9.72. The van der Waals surface area contributed by atoms with Crippen molar-refractivity contribution < 1.29 is 4.79 Å². The van der Waals surface area contributed by atoms with E-state index in [0.717, 1.165) is 16.9 Å². The van der Waals surface area contributed by atoms with Crippen LogP contribution in [0.3, 0.4) is 0 Å². The number of anilines is 1. The average Bonchev–Trinajstić information content (AvgIpc) is 3.10. The summed E-state index contributed by atoms with van der Waals surface area (Å²) in [7, 11) is 0. The fraction of sp³-hybridized carbons (Fsp3) is 0.200. The number of H-pyrrole nitrogens is 1. The minimum atomic E-state index is -0.128. The van der Waals surface area contributed by atoms with Crippen LogP contribution in [0.15, 0.2) is 48.7 Å². The molecule has 0 saturated carbocycles. The Morgan fingerprint density at radius 1 is 1.25 bits per heavy atom. The summed E-state index contributed by atoms with van der Waals surface area (Å²) in [5.41, 5.74) is 8.52. The molecule has 1 aliphatic carbocycles. The molecule has 5 nitrogen and oxygen atoms in total. The number of aromatic nitrogens is 2. The molecule has 4 N–H and O–H groups in total. The zero-order chi connectivity index (χ0) is 13.9. The van der Waals surface area contributed by atoms with Crippen LogP contribution in [0.1, 0.15) is 6.42 Å². The zero-order valence-electron chi connectivity index (χ0n) is 10.9. The molecule has 1 heterocycles. The second-order valence-corrected chi connectivity index (χ2v) is 4.93. The number of hydrogen-bond donors (Lipinski definition) is 3. The van der Waals surface area contributed by atoms with Crippen LogP contribution in [0.25, 0.3) is 11.3 Å². The maximum Gasteiger partial charge on any atom is 0.231 e. The lowest BCUT2D eigenvalue weighted by Gasteiger charge is -2.10. The number of carbonyl (C=O) groups excluding carboxylic acids is 1. The van der Waals surface area contributed by atoms with Gasteiger partial charge in [0.15, 0.2) is 0 Å². The van der Waals surface area contributed by atoms with E-state index in [4.69, 9.17) is 5.73 Å². The van der Waals surface area contributed by atoms with E-state index in [0.29, 0.717) is 6.42 Å². The number of hydrogen-bond acceptors (Lipinski definition) is 3.